The molecule has 2 fully saturated rings. The van der Waals surface area contributed by atoms with Crippen molar-refractivity contribution in [1.82, 2.24) is 39.5 Å². The number of fused-ring (bicyclic) bond motifs is 7. The Morgan fingerprint density at radius 1 is 0.492 bits per heavy atom. The summed E-state index contributed by atoms with van der Waals surface area (Å²) in [6, 6.07) is 50.2. The van der Waals surface area contributed by atoms with Crippen LogP contribution in [0.2, 0.25) is 13.6 Å². The zero-order valence-electron chi connectivity index (χ0n) is 69.0. The standard InChI is InChI=1S/C17H20BBrN2O4.2C11H7BrN2O.C11H8BrNO3.C11H8N2O.C10H9NO2.C10H9NO.C6H14BNO2.CH4.BHNS.H2O2/c1-18(23)21-7-5-11(6-8-21)25-16-4-3-14(19)12-9-15(17(22)24-2)20-10-13(12)16;2*1-15-11-3-2-10(12)8-4-7(5-13)14-6-9(8)11;1-16-11(15)9-4-6-7(5-13-9)10(14)3-2-8(6)12;1-14-11-4-2-3-8-5-9(6-12)13-7-10(8)11;1-13-10-4-2-3-8-5-6-11(12)7-9(8)10;1-12-10-4-2-3-8-5-6-11-7-9(8)10;1-7(10)8-4-2-6(9)3-5-8;;1-2-3;1-2/h3-4,9-11,23H,5-8H2,1-2H3;2*2-4,6H,1H3;2-5,14H,1H3;2-5,7H,1H3;2-7H,1H3;2-7H,1H3;6,9-10H,2-5H2,1H3;1H4;3H;1-2H. The molecule has 16 rings (SSSR count). The number of methoxy groups -OCH3 is 7. The van der Waals surface area contributed by atoms with Crippen LogP contribution in [0.3, 0.4) is 0 Å². The van der Waals surface area contributed by atoms with Crippen molar-refractivity contribution in [1.29, 1.82) is 15.8 Å². The summed E-state index contributed by atoms with van der Waals surface area (Å²) >= 11 is 16.9. The van der Waals surface area contributed by atoms with Crippen LogP contribution in [0.1, 0.15) is 71.2 Å². The molecule has 6 N–H and O–H groups in total. The van der Waals surface area contributed by atoms with Crippen LogP contribution in [0.25, 0.3) is 75.4 Å². The number of aliphatic hydroxyl groups is 1. The number of carbonyl (C=O) groups is 2. The van der Waals surface area contributed by atoms with E-state index in [0.29, 0.717) is 22.5 Å². The number of nitrogens with zero attached hydrogens (tertiary/aromatic N) is 13. The summed E-state index contributed by atoms with van der Waals surface area (Å²) in [5.74, 6) is 3.79. The predicted octanol–water partition coefficient (Wildman–Crippen LogP) is 17.2. The Bertz CT molecular complexity index is 6030. The third kappa shape index (κ3) is 28.9. The molecule has 0 atom stereocenters. The molecule has 0 amide bonds. The van der Waals surface area contributed by atoms with Crippen LogP contribution in [0, 0.1) is 39.2 Å². The number of thiol groups is 1. The quantitative estimate of drug-likeness (QED) is 0.0120. The molecule has 1 radical (unpaired) electrons. The molecule has 0 aliphatic carbocycles. The molecule has 2 saturated heterocycles. The van der Waals surface area contributed by atoms with Crippen LogP contribution >= 0.6 is 76.5 Å². The SMILES string of the molecule is C.CB(O)N1CCC(O)CC1.COC(=O)c1cc2c(Br)ccc(O)c2cn1.COC(=O)c1cc2c(Br)ccc(OC3CCN(B(C)O)CC3)c2cn1.COc1ccc(Br)c2cc(C#N)ncc12.COc1ccc(Br)c2cc(C#N)ncc12.COc1cccc2cc(C#N)ncc12.COc1cccc2cc[n+]([O-])cc12.COc1cccc2ccncc12.OO.[B]=NS. The van der Waals surface area contributed by atoms with Crippen LogP contribution in [-0.4, -0.2) is 192 Å². The van der Waals surface area contributed by atoms with E-state index < -0.39 is 19.0 Å². The van der Waals surface area contributed by atoms with Gasteiger partial charge in [-0.15, -0.1) is 0 Å². The number of benzene rings is 7. The fourth-order valence-electron chi connectivity index (χ4n) is 12.5. The first-order valence-electron chi connectivity index (χ1n) is 37.7. The first-order valence-corrected chi connectivity index (χ1v) is 41.3. The van der Waals surface area contributed by atoms with E-state index >= 15 is 0 Å². The second kappa shape index (κ2) is 52.9. The number of phenols is 1. The Kier molecular flexibility index (Phi) is 43.2. The Labute approximate surface area is 768 Å². The van der Waals surface area contributed by atoms with Gasteiger partial charge in [-0.2, -0.15) is 20.5 Å². The molecule has 30 nitrogen and oxygen atoms in total. The van der Waals surface area contributed by atoms with Crippen LogP contribution in [0.4, 0.5) is 0 Å². The number of piperidine rings is 2. The summed E-state index contributed by atoms with van der Waals surface area (Å²) in [6.45, 7) is 6.80. The van der Waals surface area contributed by atoms with Gasteiger partial charge < -0.3 is 73.0 Å². The van der Waals surface area contributed by atoms with Crippen molar-refractivity contribution in [2.75, 3.05) is 75.9 Å². The molecule has 7 aromatic carbocycles. The van der Waals surface area contributed by atoms with Gasteiger partial charge in [0.25, 0.3) is 0 Å². The number of aromatic nitrogens is 7. The van der Waals surface area contributed by atoms with Gasteiger partial charge in [-0.25, -0.2) is 34.5 Å². The fraction of sp³-hybridized carbons (Fsp3) is 0.227. The van der Waals surface area contributed by atoms with Gasteiger partial charge in [-0.1, -0.05) is 108 Å². The number of carbonyl (C=O) groups excluding carboxylic acids is 2. The first kappa shape index (κ1) is 103. The van der Waals surface area contributed by atoms with Crippen molar-refractivity contribution in [2.45, 2.75) is 59.0 Å². The number of aliphatic hydroxyl groups excluding tert-OH is 1. The number of halogens is 4. The first-order chi connectivity index (χ1) is 60.3. The molecule has 38 heteroatoms. The van der Waals surface area contributed by atoms with Crippen LogP contribution in [0.15, 0.2) is 224 Å². The second-order valence-electron chi connectivity index (χ2n) is 26.5. The number of hydrogen-bond donors (Lipinski definition) is 7. The monoisotopic (exact) mass is 1980 g/mol. The van der Waals surface area contributed by atoms with Crippen LogP contribution in [-0.2, 0) is 9.47 Å². The molecule has 0 unspecified atom stereocenters. The van der Waals surface area contributed by atoms with Crippen molar-refractivity contribution >= 4 is 186 Å². The summed E-state index contributed by atoms with van der Waals surface area (Å²) in [6.07, 6.45) is 17.9. The van der Waals surface area contributed by atoms with Gasteiger partial charge in [-0.3, -0.25) is 15.5 Å². The summed E-state index contributed by atoms with van der Waals surface area (Å²) in [5, 5.41) is 99.3. The zero-order chi connectivity index (χ0) is 91.2. The van der Waals surface area contributed by atoms with E-state index in [2.05, 4.69) is 123 Å². The zero-order valence-corrected chi connectivity index (χ0v) is 76.3. The molecule has 7 aromatic heterocycles. The van der Waals surface area contributed by atoms with Gasteiger partial charge in [0, 0.05) is 121 Å². The molecular formula is C88H89B3Br4N13O17S. The van der Waals surface area contributed by atoms with E-state index in [4.69, 9.17) is 69.6 Å². The van der Waals surface area contributed by atoms with Gasteiger partial charge in [0.2, 0.25) is 0 Å². The molecule has 14 aromatic rings. The Balaban J connectivity index is 0.000000223. The summed E-state index contributed by atoms with van der Waals surface area (Å²) in [5.41, 5.74) is 1.69. The normalized spacial score (nSPS) is 11.9. The number of nitriles is 3. The van der Waals surface area contributed by atoms with E-state index in [9.17, 15) is 24.9 Å². The van der Waals surface area contributed by atoms with Gasteiger partial charge in [-0.05, 0) is 185 Å². The Morgan fingerprint density at radius 3 is 1.29 bits per heavy atom. The van der Waals surface area contributed by atoms with Gasteiger partial charge >= 0.3 is 50.8 Å². The maximum atomic E-state index is 11.7. The minimum atomic E-state index is -0.503. The summed E-state index contributed by atoms with van der Waals surface area (Å²) in [7, 11) is 14.3. The molecular weight excluding hydrogens is 1900 g/mol. The predicted molar refractivity (Wildman–Crippen MR) is 504 cm³/mol. The van der Waals surface area contributed by atoms with Crippen molar-refractivity contribution < 1.29 is 83.0 Å². The molecule has 2 aliphatic rings. The summed E-state index contributed by atoms with van der Waals surface area (Å²) in [4.78, 5) is 51.2. The van der Waals surface area contributed by atoms with Gasteiger partial charge in [0.15, 0.2) is 12.4 Å². The molecule has 0 spiro atoms. The average molecular weight is 1980 g/mol. The number of pyridine rings is 7. The van der Waals surface area contributed by atoms with Crippen molar-refractivity contribution in [3.8, 4) is 58.5 Å². The molecule has 126 heavy (non-hydrogen) atoms. The second-order valence-corrected chi connectivity index (χ2v) is 30.1. The van der Waals surface area contributed by atoms with E-state index in [0.717, 1.165) is 179 Å². The van der Waals surface area contributed by atoms with Crippen molar-refractivity contribution in [3.63, 3.8) is 0 Å². The third-order valence-corrected chi connectivity index (χ3v) is 21.7. The van der Waals surface area contributed by atoms with Crippen molar-refractivity contribution in [2.24, 2.45) is 4.30 Å². The number of esters is 2. The molecule has 2 aliphatic heterocycles. The average Bonchev–Trinajstić information content (AvgIpc) is 0.799. The summed E-state index contributed by atoms with van der Waals surface area (Å²) < 4.78 is 48.4. The third-order valence-electron chi connectivity index (χ3n) is 18.9. The number of ether oxygens (including phenoxy) is 8. The van der Waals surface area contributed by atoms with E-state index in [1.54, 1.807) is 129 Å². The molecule has 9 heterocycles. The van der Waals surface area contributed by atoms with Crippen molar-refractivity contribution in [3.05, 3.63) is 253 Å². The number of rotatable bonds is 11. The van der Waals surface area contributed by atoms with E-state index in [1.165, 1.54) is 32.8 Å². The van der Waals surface area contributed by atoms with Crippen LogP contribution in [0.5, 0.6) is 40.2 Å². The Morgan fingerprint density at radius 2 is 0.849 bits per heavy atom. The molecule has 651 valence electrons. The van der Waals surface area contributed by atoms with Gasteiger partial charge in [0.05, 0.1) is 61.3 Å². The minimum absolute atomic E-state index is 0. The number of hydrogen-bond acceptors (Lipinski definition) is 30. The fourth-order valence-corrected chi connectivity index (χ4v) is 14.4. The molecule has 0 saturated carbocycles. The van der Waals surface area contributed by atoms with E-state index in [1.807, 2.05) is 131 Å². The van der Waals surface area contributed by atoms with E-state index in [-0.39, 0.29) is 43.8 Å². The van der Waals surface area contributed by atoms with Crippen LogP contribution < -0.4 is 33.2 Å². The molecule has 0 bridgehead atoms. The number of phenolic OH excluding ortho intramolecular Hbond substituents is 1. The Hall–Kier alpha value is -11.8. The topological polar surface area (TPSA) is 424 Å². The maximum absolute atomic E-state index is 11.7. The van der Waals surface area contributed by atoms with Gasteiger partial charge in [0.1, 0.15) is 93.0 Å². The number of aromatic hydroxyl groups is 1.